The molecule has 1 saturated carbocycles. The van der Waals surface area contributed by atoms with Gasteiger partial charge in [-0.3, -0.25) is 4.79 Å². The summed E-state index contributed by atoms with van der Waals surface area (Å²) in [6, 6.07) is 11.3. The minimum atomic E-state index is -0.255. The molecular formula is C17H14Cl2FNO. The van der Waals surface area contributed by atoms with Crippen LogP contribution < -0.4 is 5.32 Å². The summed E-state index contributed by atoms with van der Waals surface area (Å²) in [7, 11) is 0. The molecule has 22 heavy (non-hydrogen) atoms. The fourth-order valence-corrected chi connectivity index (χ4v) is 2.91. The zero-order valence-corrected chi connectivity index (χ0v) is 13.2. The molecular weight excluding hydrogens is 324 g/mol. The molecule has 2 nitrogen and oxygen atoms in total. The highest BCUT2D eigenvalue weighted by Gasteiger charge is 2.44. The second-order valence-corrected chi connectivity index (χ2v) is 6.44. The van der Waals surface area contributed by atoms with Crippen molar-refractivity contribution in [3.05, 3.63) is 69.5 Å². The number of hydrogen-bond donors (Lipinski definition) is 1. The summed E-state index contributed by atoms with van der Waals surface area (Å²) < 4.78 is 13.0. The van der Waals surface area contributed by atoms with E-state index < -0.39 is 0 Å². The lowest BCUT2D eigenvalue weighted by molar-refractivity contribution is 0.0950. The molecule has 3 rings (SSSR count). The molecule has 0 heterocycles. The predicted octanol–water partition coefficient (Wildman–Crippen LogP) is 4.59. The van der Waals surface area contributed by atoms with Gasteiger partial charge in [0.05, 0.1) is 10.6 Å². The van der Waals surface area contributed by atoms with E-state index in [4.69, 9.17) is 23.2 Å². The lowest BCUT2D eigenvalue weighted by Crippen LogP contribution is -2.32. The van der Waals surface area contributed by atoms with Crippen molar-refractivity contribution < 1.29 is 9.18 Å². The average molecular weight is 338 g/mol. The van der Waals surface area contributed by atoms with Gasteiger partial charge in [0.2, 0.25) is 0 Å². The average Bonchev–Trinajstić information content (AvgIpc) is 3.29. The molecule has 0 aliphatic heterocycles. The van der Waals surface area contributed by atoms with Crippen molar-refractivity contribution in [2.45, 2.75) is 18.3 Å². The number of nitrogens with one attached hydrogen (secondary N) is 1. The van der Waals surface area contributed by atoms with Gasteiger partial charge >= 0.3 is 0 Å². The third-order valence-corrected chi connectivity index (χ3v) is 4.64. The molecule has 1 fully saturated rings. The molecule has 0 aromatic heterocycles. The largest absolute Gasteiger partial charge is 0.351 e. The van der Waals surface area contributed by atoms with Crippen molar-refractivity contribution in [2.75, 3.05) is 6.54 Å². The normalized spacial score (nSPS) is 15.4. The molecule has 1 amide bonds. The number of carbonyl (C=O) groups excluding carboxylic acids is 1. The first-order chi connectivity index (χ1) is 10.5. The van der Waals surface area contributed by atoms with Gasteiger partial charge in [0.25, 0.3) is 5.91 Å². The van der Waals surface area contributed by atoms with E-state index >= 15 is 0 Å². The Bertz CT molecular complexity index is 711. The second kappa shape index (κ2) is 5.90. The molecule has 0 atom stereocenters. The molecule has 1 aliphatic carbocycles. The molecule has 0 unspecified atom stereocenters. The van der Waals surface area contributed by atoms with Crippen molar-refractivity contribution in [1.29, 1.82) is 0 Å². The Balaban J connectivity index is 1.71. The van der Waals surface area contributed by atoms with Crippen molar-refractivity contribution >= 4 is 29.1 Å². The first-order valence-electron chi connectivity index (χ1n) is 6.99. The van der Waals surface area contributed by atoms with E-state index in [0.29, 0.717) is 22.2 Å². The number of rotatable bonds is 4. The molecule has 0 saturated heterocycles. The van der Waals surface area contributed by atoms with Gasteiger partial charge in [-0.05, 0) is 48.7 Å². The molecule has 5 heteroatoms. The van der Waals surface area contributed by atoms with Crippen molar-refractivity contribution in [2.24, 2.45) is 0 Å². The molecule has 0 spiro atoms. The van der Waals surface area contributed by atoms with Gasteiger partial charge in [-0.1, -0.05) is 35.3 Å². The fourth-order valence-electron chi connectivity index (χ4n) is 2.54. The first-order valence-corrected chi connectivity index (χ1v) is 7.75. The number of carbonyl (C=O) groups is 1. The van der Waals surface area contributed by atoms with E-state index in [2.05, 4.69) is 5.32 Å². The molecule has 114 valence electrons. The van der Waals surface area contributed by atoms with Gasteiger partial charge in [-0.25, -0.2) is 4.39 Å². The number of amides is 1. The Morgan fingerprint density at radius 2 is 1.82 bits per heavy atom. The Hall–Kier alpha value is -1.58. The number of hydrogen-bond acceptors (Lipinski definition) is 1. The van der Waals surface area contributed by atoms with Gasteiger partial charge in [0.15, 0.2) is 0 Å². The van der Waals surface area contributed by atoms with Crippen LogP contribution in [0, 0.1) is 5.82 Å². The van der Waals surface area contributed by atoms with Crippen LogP contribution in [0.4, 0.5) is 4.39 Å². The maximum Gasteiger partial charge on any atom is 0.252 e. The van der Waals surface area contributed by atoms with Crippen LogP contribution in [0.15, 0.2) is 42.5 Å². The first kappa shape index (κ1) is 15.3. The zero-order valence-electron chi connectivity index (χ0n) is 11.7. The summed E-state index contributed by atoms with van der Waals surface area (Å²) in [5.41, 5.74) is 1.32. The van der Waals surface area contributed by atoms with Crippen LogP contribution in [0.25, 0.3) is 0 Å². The van der Waals surface area contributed by atoms with E-state index in [1.54, 1.807) is 30.3 Å². The van der Waals surface area contributed by atoms with E-state index in [1.165, 1.54) is 12.1 Å². The van der Waals surface area contributed by atoms with Crippen molar-refractivity contribution in [3.8, 4) is 0 Å². The Morgan fingerprint density at radius 3 is 2.45 bits per heavy atom. The predicted molar refractivity (Wildman–Crippen MR) is 86.1 cm³/mol. The molecule has 2 aromatic carbocycles. The van der Waals surface area contributed by atoms with Gasteiger partial charge in [-0.2, -0.15) is 0 Å². The third-order valence-electron chi connectivity index (χ3n) is 4.07. The third kappa shape index (κ3) is 3.11. The number of benzene rings is 2. The smallest absolute Gasteiger partial charge is 0.252 e. The minimum Gasteiger partial charge on any atom is -0.351 e. The van der Waals surface area contributed by atoms with E-state index in [9.17, 15) is 9.18 Å². The Labute approximate surface area is 138 Å². The van der Waals surface area contributed by atoms with E-state index in [0.717, 1.165) is 18.4 Å². The highest BCUT2D eigenvalue weighted by molar-refractivity contribution is 6.35. The van der Waals surface area contributed by atoms with Crippen LogP contribution >= 0.6 is 23.2 Å². The topological polar surface area (TPSA) is 29.1 Å². The van der Waals surface area contributed by atoms with Crippen LogP contribution in [0.1, 0.15) is 28.8 Å². The highest BCUT2D eigenvalue weighted by atomic mass is 35.5. The summed E-state index contributed by atoms with van der Waals surface area (Å²) in [6.07, 6.45) is 1.95. The molecule has 0 bridgehead atoms. The zero-order chi connectivity index (χ0) is 15.7. The fraction of sp³-hybridized carbons (Fsp3) is 0.235. The quantitative estimate of drug-likeness (QED) is 0.868. The van der Waals surface area contributed by atoms with E-state index in [-0.39, 0.29) is 17.1 Å². The highest BCUT2D eigenvalue weighted by Crippen LogP contribution is 2.47. The van der Waals surface area contributed by atoms with Crippen LogP contribution in [0.5, 0.6) is 0 Å². The monoisotopic (exact) mass is 337 g/mol. The summed E-state index contributed by atoms with van der Waals surface area (Å²) >= 11 is 11.9. The summed E-state index contributed by atoms with van der Waals surface area (Å²) in [4.78, 5) is 12.3. The summed E-state index contributed by atoms with van der Waals surface area (Å²) in [6.45, 7) is 0.500. The molecule has 2 aromatic rings. The minimum absolute atomic E-state index is 0.0889. The summed E-state index contributed by atoms with van der Waals surface area (Å²) in [5, 5.41) is 3.74. The van der Waals surface area contributed by atoms with Crippen LogP contribution in [0.3, 0.4) is 0 Å². The Morgan fingerprint density at radius 1 is 1.14 bits per heavy atom. The maximum absolute atomic E-state index is 13.0. The van der Waals surface area contributed by atoms with Crippen molar-refractivity contribution in [1.82, 2.24) is 5.32 Å². The standard InChI is InChI=1S/C17H14Cl2FNO/c18-12-3-6-15(19)14(9-12)16(22)21-10-17(7-8-17)11-1-4-13(20)5-2-11/h1-6,9H,7-8,10H2,(H,21,22). The second-order valence-electron chi connectivity index (χ2n) is 5.59. The Kier molecular flexibility index (Phi) is 4.11. The van der Waals surface area contributed by atoms with Gasteiger partial charge in [0.1, 0.15) is 5.82 Å². The summed E-state index contributed by atoms with van der Waals surface area (Å²) in [5.74, 6) is -0.504. The van der Waals surface area contributed by atoms with Crippen LogP contribution in [0.2, 0.25) is 10.0 Å². The maximum atomic E-state index is 13.0. The van der Waals surface area contributed by atoms with Gasteiger partial charge in [-0.15, -0.1) is 0 Å². The van der Waals surface area contributed by atoms with E-state index in [1.807, 2.05) is 0 Å². The van der Waals surface area contributed by atoms with Crippen LogP contribution in [-0.4, -0.2) is 12.5 Å². The van der Waals surface area contributed by atoms with Gasteiger partial charge < -0.3 is 5.32 Å². The SMILES string of the molecule is O=C(NCC1(c2ccc(F)cc2)CC1)c1cc(Cl)ccc1Cl. The molecule has 1 N–H and O–H groups in total. The molecule has 0 radical (unpaired) electrons. The van der Waals surface area contributed by atoms with Gasteiger partial charge in [0, 0.05) is 17.0 Å². The lowest BCUT2D eigenvalue weighted by Gasteiger charge is -2.17. The van der Waals surface area contributed by atoms with Crippen molar-refractivity contribution in [3.63, 3.8) is 0 Å². The lowest BCUT2D eigenvalue weighted by atomic mass is 9.96. The number of halogens is 3. The molecule has 1 aliphatic rings. The van der Waals surface area contributed by atoms with Crippen LogP contribution in [-0.2, 0) is 5.41 Å².